The SMILES string of the molecule is CCNC(C(C)c1ccccn1)C1CC1c1ccccc1. The fraction of sp³-hybridized carbons (Fsp3) is 0.421. The Morgan fingerprint density at radius 1 is 1.14 bits per heavy atom. The largest absolute Gasteiger partial charge is 0.313 e. The minimum absolute atomic E-state index is 0.449. The Kier molecular flexibility index (Phi) is 4.35. The first-order chi connectivity index (χ1) is 10.3. The maximum absolute atomic E-state index is 4.55. The zero-order valence-corrected chi connectivity index (χ0v) is 12.9. The second-order valence-electron chi connectivity index (χ2n) is 6.04. The van der Waals surface area contributed by atoms with Crippen molar-refractivity contribution in [1.29, 1.82) is 0 Å². The van der Waals surface area contributed by atoms with Crippen molar-refractivity contribution < 1.29 is 0 Å². The minimum Gasteiger partial charge on any atom is -0.313 e. The Morgan fingerprint density at radius 3 is 2.57 bits per heavy atom. The third-order valence-electron chi connectivity index (χ3n) is 4.66. The number of nitrogens with one attached hydrogen (secondary N) is 1. The van der Waals surface area contributed by atoms with E-state index in [9.17, 15) is 0 Å². The van der Waals surface area contributed by atoms with E-state index in [2.05, 4.69) is 66.6 Å². The number of aromatic nitrogens is 1. The lowest BCUT2D eigenvalue weighted by Gasteiger charge is -2.25. The lowest BCUT2D eigenvalue weighted by Crippen LogP contribution is -2.36. The molecule has 0 bridgehead atoms. The average molecular weight is 280 g/mol. The van der Waals surface area contributed by atoms with Crippen LogP contribution < -0.4 is 5.32 Å². The van der Waals surface area contributed by atoms with Crippen molar-refractivity contribution >= 4 is 0 Å². The molecule has 1 fully saturated rings. The summed E-state index contributed by atoms with van der Waals surface area (Å²) in [6.07, 6.45) is 3.19. The van der Waals surface area contributed by atoms with Gasteiger partial charge in [0.2, 0.25) is 0 Å². The number of benzene rings is 1. The van der Waals surface area contributed by atoms with Crippen LogP contribution in [0.2, 0.25) is 0 Å². The highest BCUT2D eigenvalue weighted by Crippen LogP contribution is 2.51. The Hall–Kier alpha value is -1.67. The molecule has 4 unspecified atom stereocenters. The quantitative estimate of drug-likeness (QED) is 0.866. The van der Waals surface area contributed by atoms with Gasteiger partial charge in [0.15, 0.2) is 0 Å². The summed E-state index contributed by atoms with van der Waals surface area (Å²) in [6, 6.07) is 17.7. The first-order valence-electron chi connectivity index (χ1n) is 8.00. The number of hydrogen-bond acceptors (Lipinski definition) is 2. The van der Waals surface area contributed by atoms with Gasteiger partial charge < -0.3 is 5.32 Å². The molecular formula is C19H24N2. The summed E-state index contributed by atoms with van der Waals surface area (Å²) in [6.45, 7) is 5.51. The van der Waals surface area contributed by atoms with Crippen molar-refractivity contribution in [1.82, 2.24) is 10.3 Å². The summed E-state index contributed by atoms with van der Waals surface area (Å²) in [7, 11) is 0. The molecule has 2 heteroatoms. The van der Waals surface area contributed by atoms with Crippen LogP contribution in [0.3, 0.4) is 0 Å². The predicted molar refractivity (Wildman–Crippen MR) is 87.4 cm³/mol. The van der Waals surface area contributed by atoms with Crippen LogP contribution in [-0.4, -0.2) is 17.6 Å². The van der Waals surface area contributed by atoms with Crippen molar-refractivity contribution in [2.24, 2.45) is 5.92 Å². The second kappa shape index (κ2) is 6.40. The van der Waals surface area contributed by atoms with Crippen LogP contribution in [0.5, 0.6) is 0 Å². The van der Waals surface area contributed by atoms with Gasteiger partial charge in [0.1, 0.15) is 0 Å². The van der Waals surface area contributed by atoms with E-state index >= 15 is 0 Å². The molecule has 0 radical (unpaired) electrons. The lowest BCUT2D eigenvalue weighted by molar-refractivity contribution is 0.404. The molecule has 2 nitrogen and oxygen atoms in total. The lowest BCUT2D eigenvalue weighted by atomic mass is 9.91. The molecule has 2 aromatic rings. The average Bonchev–Trinajstić information content (AvgIpc) is 3.34. The first-order valence-corrected chi connectivity index (χ1v) is 8.00. The standard InChI is InChI=1S/C19H24N2/c1-3-20-19(14(2)18-11-7-8-12-21-18)17-13-16(17)15-9-5-4-6-10-15/h4-12,14,16-17,19-20H,3,13H2,1-2H3. The molecular weight excluding hydrogens is 256 g/mol. The van der Waals surface area contributed by atoms with Gasteiger partial charge in [-0.2, -0.15) is 0 Å². The number of hydrogen-bond donors (Lipinski definition) is 1. The summed E-state index contributed by atoms with van der Waals surface area (Å²) >= 11 is 0. The second-order valence-corrected chi connectivity index (χ2v) is 6.04. The molecule has 0 amide bonds. The molecule has 1 heterocycles. The van der Waals surface area contributed by atoms with E-state index in [1.807, 2.05) is 12.3 Å². The predicted octanol–water partition coefficient (Wildman–Crippen LogP) is 3.97. The third kappa shape index (κ3) is 3.16. The number of nitrogens with zero attached hydrogens (tertiary/aromatic N) is 1. The van der Waals surface area contributed by atoms with E-state index in [0.29, 0.717) is 17.9 Å². The van der Waals surface area contributed by atoms with E-state index in [4.69, 9.17) is 0 Å². The Bertz CT molecular complexity index is 552. The van der Waals surface area contributed by atoms with Gasteiger partial charge in [-0.15, -0.1) is 0 Å². The zero-order valence-electron chi connectivity index (χ0n) is 12.9. The molecule has 0 spiro atoms. The molecule has 1 aliphatic rings. The fourth-order valence-corrected chi connectivity index (χ4v) is 3.46. The summed E-state index contributed by atoms with van der Waals surface area (Å²) < 4.78 is 0. The molecule has 21 heavy (non-hydrogen) atoms. The maximum atomic E-state index is 4.55. The molecule has 110 valence electrons. The molecule has 0 saturated heterocycles. The zero-order chi connectivity index (χ0) is 14.7. The van der Waals surface area contributed by atoms with Crippen LogP contribution in [0, 0.1) is 5.92 Å². The molecule has 4 atom stereocenters. The molecule has 3 rings (SSSR count). The first kappa shape index (κ1) is 14.3. The van der Waals surface area contributed by atoms with E-state index in [-0.39, 0.29) is 0 Å². The molecule has 1 aromatic carbocycles. The Labute approximate surface area is 127 Å². The van der Waals surface area contributed by atoms with Gasteiger partial charge in [0.05, 0.1) is 0 Å². The van der Waals surface area contributed by atoms with Crippen molar-refractivity contribution in [2.45, 2.75) is 38.1 Å². The summed E-state index contributed by atoms with van der Waals surface area (Å²) in [5, 5.41) is 3.70. The van der Waals surface area contributed by atoms with E-state index in [0.717, 1.165) is 12.5 Å². The van der Waals surface area contributed by atoms with E-state index in [1.165, 1.54) is 17.7 Å². The van der Waals surface area contributed by atoms with Crippen molar-refractivity contribution in [3.63, 3.8) is 0 Å². The van der Waals surface area contributed by atoms with Gasteiger partial charge in [-0.25, -0.2) is 0 Å². The number of rotatable bonds is 6. The van der Waals surface area contributed by atoms with Crippen LogP contribution in [-0.2, 0) is 0 Å². The fourth-order valence-electron chi connectivity index (χ4n) is 3.46. The van der Waals surface area contributed by atoms with Gasteiger partial charge in [-0.3, -0.25) is 4.98 Å². The van der Waals surface area contributed by atoms with Crippen molar-refractivity contribution in [3.8, 4) is 0 Å². The van der Waals surface area contributed by atoms with Crippen LogP contribution in [0.4, 0.5) is 0 Å². The molecule has 1 N–H and O–H groups in total. The minimum atomic E-state index is 0.449. The van der Waals surface area contributed by atoms with Gasteiger partial charge in [-0.1, -0.05) is 50.2 Å². The highest BCUT2D eigenvalue weighted by molar-refractivity contribution is 5.28. The van der Waals surface area contributed by atoms with Crippen LogP contribution in [0.1, 0.15) is 43.4 Å². The topological polar surface area (TPSA) is 24.9 Å². The van der Waals surface area contributed by atoms with Crippen LogP contribution in [0.15, 0.2) is 54.7 Å². The number of pyridine rings is 1. The highest BCUT2D eigenvalue weighted by atomic mass is 14.9. The number of likely N-dealkylation sites (N-methyl/N-ethyl adjacent to an activating group) is 1. The molecule has 0 aliphatic heterocycles. The Morgan fingerprint density at radius 2 is 1.90 bits per heavy atom. The van der Waals surface area contributed by atoms with Crippen LogP contribution >= 0.6 is 0 Å². The maximum Gasteiger partial charge on any atom is 0.0447 e. The highest BCUT2D eigenvalue weighted by Gasteiger charge is 2.45. The van der Waals surface area contributed by atoms with Gasteiger partial charge in [0, 0.05) is 23.9 Å². The smallest absolute Gasteiger partial charge is 0.0447 e. The third-order valence-corrected chi connectivity index (χ3v) is 4.66. The van der Waals surface area contributed by atoms with Crippen LogP contribution in [0.25, 0.3) is 0 Å². The van der Waals surface area contributed by atoms with Crippen molar-refractivity contribution in [2.75, 3.05) is 6.54 Å². The monoisotopic (exact) mass is 280 g/mol. The Balaban J connectivity index is 1.74. The normalized spacial score (nSPS) is 23.5. The molecule has 1 aliphatic carbocycles. The summed E-state index contributed by atoms with van der Waals surface area (Å²) in [5.74, 6) is 1.88. The summed E-state index contributed by atoms with van der Waals surface area (Å²) in [4.78, 5) is 4.55. The molecule has 1 aromatic heterocycles. The van der Waals surface area contributed by atoms with Gasteiger partial charge in [0.25, 0.3) is 0 Å². The summed E-state index contributed by atoms with van der Waals surface area (Å²) in [5.41, 5.74) is 2.68. The van der Waals surface area contributed by atoms with Crippen molar-refractivity contribution in [3.05, 3.63) is 66.0 Å². The van der Waals surface area contributed by atoms with E-state index < -0.39 is 0 Å². The van der Waals surface area contributed by atoms with Gasteiger partial charge >= 0.3 is 0 Å². The molecule has 1 saturated carbocycles. The van der Waals surface area contributed by atoms with E-state index in [1.54, 1.807) is 0 Å². The van der Waals surface area contributed by atoms with Gasteiger partial charge in [-0.05, 0) is 42.5 Å².